The highest BCUT2D eigenvalue weighted by molar-refractivity contribution is 5.67. The lowest BCUT2D eigenvalue weighted by Crippen LogP contribution is -2.48. The molecule has 0 unspecified atom stereocenters. The van der Waals surface area contributed by atoms with E-state index < -0.39 is 30.6 Å². The van der Waals surface area contributed by atoms with Crippen LogP contribution < -0.4 is 0 Å². The van der Waals surface area contributed by atoms with E-state index in [9.17, 15) is 20.1 Å². The van der Waals surface area contributed by atoms with Gasteiger partial charge in [-0.1, -0.05) is 57.8 Å². The molecule has 7 heteroatoms. The van der Waals surface area contributed by atoms with Gasteiger partial charge >= 0.3 is 5.97 Å². The molecule has 172 valence electrons. The fourth-order valence-electron chi connectivity index (χ4n) is 3.72. The van der Waals surface area contributed by atoms with Gasteiger partial charge in [-0.25, -0.2) is 0 Å². The fourth-order valence-corrected chi connectivity index (χ4v) is 3.72. The second-order valence-electron chi connectivity index (χ2n) is 8.54. The van der Waals surface area contributed by atoms with Crippen LogP contribution in [0, 0.1) is 0 Å². The van der Waals surface area contributed by atoms with Crippen molar-refractivity contribution in [3.63, 3.8) is 0 Å². The molecule has 4 N–H and O–H groups in total. The number of carboxylic acid groups (broad SMARTS) is 1. The van der Waals surface area contributed by atoms with E-state index in [1.165, 1.54) is 25.7 Å². The topological polar surface area (TPSA) is 116 Å². The smallest absolute Gasteiger partial charge is 0.305 e. The average molecular weight is 419 g/mol. The maximum atomic E-state index is 10.5. The summed E-state index contributed by atoms with van der Waals surface area (Å²) in [6.45, 7) is 3.79. The van der Waals surface area contributed by atoms with Gasteiger partial charge in [0.05, 0.1) is 30.8 Å². The number of ether oxygens (including phenoxy) is 2. The number of aliphatic hydroxyl groups is 3. The average Bonchev–Trinajstić information content (AvgIpc) is 2.63. The first-order valence-corrected chi connectivity index (χ1v) is 11.4. The van der Waals surface area contributed by atoms with Crippen LogP contribution in [-0.4, -0.2) is 63.2 Å². The Morgan fingerprint density at radius 1 is 0.966 bits per heavy atom. The highest BCUT2D eigenvalue weighted by Crippen LogP contribution is 2.23. The summed E-state index contributed by atoms with van der Waals surface area (Å²) in [5, 5.41) is 37.7. The van der Waals surface area contributed by atoms with Crippen LogP contribution >= 0.6 is 0 Å². The van der Waals surface area contributed by atoms with Gasteiger partial charge in [0.25, 0.3) is 0 Å². The zero-order valence-electron chi connectivity index (χ0n) is 18.2. The van der Waals surface area contributed by atoms with Crippen molar-refractivity contribution in [2.24, 2.45) is 0 Å². The Morgan fingerprint density at radius 2 is 1.48 bits per heavy atom. The van der Waals surface area contributed by atoms with Gasteiger partial charge in [-0.3, -0.25) is 4.79 Å². The number of carbonyl (C=O) groups is 1. The largest absolute Gasteiger partial charge is 0.481 e. The second kappa shape index (κ2) is 15.1. The number of aliphatic hydroxyl groups excluding tert-OH is 3. The maximum absolute atomic E-state index is 10.5. The van der Waals surface area contributed by atoms with Crippen LogP contribution in [0.3, 0.4) is 0 Å². The van der Waals surface area contributed by atoms with Crippen molar-refractivity contribution in [3.05, 3.63) is 0 Å². The van der Waals surface area contributed by atoms with Crippen molar-refractivity contribution in [1.29, 1.82) is 0 Å². The van der Waals surface area contributed by atoms with Crippen molar-refractivity contribution in [2.75, 3.05) is 0 Å². The molecular formula is C22H42O7. The van der Waals surface area contributed by atoms with Gasteiger partial charge in [-0.05, 0) is 26.7 Å². The molecule has 1 heterocycles. The molecule has 0 aliphatic carbocycles. The van der Waals surface area contributed by atoms with Gasteiger partial charge in [0.2, 0.25) is 0 Å². The molecule has 1 aliphatic heterocycles. The van der Waals surface area contributed by atoms with Crippen LogP contribution in [0.15, 0.2) is 0 Å². The first-order chi connectivity index (χ1) is 13.8. The standard InChI is InChI=1S/C22H42O7/c1-16(28-22-20(25)15-19(24)17(2)29-22)12-10-8-6-4-3-5-7-9-11-13-18(23)14-21(26)27/h16-20,22-25H,3-15H2,1-2H3,(H,26,27)/t16-,17+,18-,19-,20-,22-/m1/s1. The lowest BCUT2D eigenvalue weighted by atomic mass is 10.0. The van der Waals surface area contributed by atoms with Gasteiger partial charge in [0.1, 0.15) is 6.10 Å². The molecule has 0 aromatic rings. The molecule has 0 amide bonds. The predicted molar refractivity (Wildman–Crippen MR) is 111 cm³/mol. The summed E-state index contributed by atoms with van der Waals surface area (Å²) in [5.41, 5.74) is 0. The predicted octanol–water partition coefficient (Wildman–Crippen LogP) is 3.37. The fraction of sp³-hybridized carbons (Fsp3) is 0.955. The van der Waals surface area contributed by atoms with Crippen molar-refractivity contribution >= 4 is 5.97 Å². The van der Waals surface area contributed by atoms with Crippen LogP contribution in [0.5, 0.6) is 0 Å². The van der Waals surface area contributed by atoms with Gasteiger partial charge < -0.3 is 29.9 Å². The van der Waals surface area contributed by atoms with E-state index in [1.54, 1.807) is 6.92 Å². The molecule has 0 spiro atoms. The van der Waals surface area contributed by atoms with E-state index in [1.807, 2.05) is 6.92 Å². The summed E-state index contributed by atoms with van der Waals surface area (Å²) in [7, 11) is 0. The lowest BCUT2D eigenvalue weighted by Gasteiger charge is -2.36. The first-order valence-electron chi connectivity index (χ1n) is 11.4. The molecule has 7 nitrogen and oxygen atoms in total. The van der Waals surface area contributed by atoms with Crippen molar-refractivity contribution < 1.29 is 34.7 Å². The van der Waals surface area contributed by atoms with Crippen LogP contribution in [0.1, 0.15) is 97.3 Å². The van der Waals surface area contributed by atoms with Gasteiger partial charge in [0.15, 0.2) is 6.29 Å². The summed E-state index contributed by atoms with van der Waals surface area (Å²) in [6.07, 6.45) is 8.76. The second-order valence-corrected chi connectivity index (χ2v) is 8.54. The summed E-state index contributed by atoms with van der Waals surface area (Å²) in [5.74, 6) is -0.937. The Hall–Kier alpha value is -0.730. The van der Waals surface area contributed by atoms with Gasteiger partial charge in [-0.2, -0.15) is 0 Å². The number of hydrogen-bond donors (Lipinski definition) is 4. The molecule has 0 aromatic heterocycles. The van der Waals surface area contributed by atoms with E-state index in [4.69, 9.17) is 14.6 Å². The minimum absolute atomic E-state index is 0.0218. The molecular weight excluding hydrogens is 376 g/mol. The van der Waals surface area contributed by atoms with E-state index in [0.29, 0.717) is 12.8 Å². The number of aliphatic carboxylic acids is 1. The molecule has 29 heavy (non-hydrogen) atoms. The summed E-state index contributed by atoms with van der Waals surface area (Å²) >= 11 is 0. The molecule has 0 aromatic carbocycles. The van der Waals surface area contributed by atoms with Gasteiger partial charge in [-0.15, -0.1) is 0 Å². The normalized spacial score (nSPS) is 26.9. The monoisotopic (exact) mass is 418 g/mol. The third-order valence-electron chi connectivity index (χ3n) is 5.61. The van der Waals surface area contributed by atoms with E-state index in [-0.39, 0.29) is 18.6 Å². The minimum atomic E-state index is -0.937. The Labute approximate surface area is 175 Å². The number of unbranched alkanes of at least 4 members (excludes halogenated alkanes) is 8. The SMILES string of the molecule is C[C@H](CCCCCCCCCCC[C@@H](O)CC(=O)O)O[C@@H]1O[C@@H](C)[C@H](O)C[C@H]1O. The van der Waals surface area contributed by atoms with Gasteiger partial charge in [0, 0.05) is 6.42 Å². The molecule has 0 saturated carbocycles. The van der Waals surface area contributed by atoms with E-state index in [0.717, 1.165) is 38.5 Å². The van der Waals surface area contributed by atoms with Crippen LogP contribution in [-0.2, 0) is 14.3 Å². The van der Waals surface area contributed by atoms with Crippen molar-refractivity contribution in [2.45, 2.75) is 134 Å². The number of hydrogen-bond acceptors (Lipinski definition) is 6. The number of carboxylic acids is 1. The van der Waals surface area contributed by atoms with Crippen LogP contribution in [0.4, 0.5) is 0 Å². The molecule has 1 saturated heterocycles. The Bertz CT molecular complexity index is 431. The maximum Gasteiger partial charge on any atom is 0.305 e. The third-order valence-corrected chi connectivity index (χ3v) is 5.61. The molecule has 6 atom stereocenters. The van der Waals surface area contributed by atoms with Crippen LogP contribution in [0.2, 0.25) is 0 Å². The summed E-state index contributed by atoms with van der Waals surface area (Å²) < 4.78 is 11.4. The molecule has 1 aliphatic rings. The van der Waals surface area contributed by atoms with Crippen molar-refractivity contribution in [1.82, 2.24) is 0 Å². The van der Waals surface area contributed by atoms with Crippen LogP contribution in [0.25, 0.3) is 0 Å². The Balaban J connectivity index is 1.91. The zero-order valence-corrected chi connectivity index (χ0v) is 18.2. The van der Waals surface area contributed by atoms with E-state index in [2.05, 4.69) is 0 Å². The Morgan fingerprint density at radius 3 is 2.03 bits per heavy atom. The number of rotatable bonds is 16. The molecule has 0 radical (unpaired) electrons. The molecule has 1 fully saturated rings. The first kappa shape index (κ1) is 26.3. The summed E-state index contributed by atoms with van der Waals surface area (Å²) in [6, 6.07) is 0. The summed E-state index contributed by atoms with van der Waals surface area (Å²) in [4.78, 5) is 10.5. The lowest BCUT2D eigenvalue weighted by molar-refractivity contribution is -0.273. The third kappa shape index (κ3) is 12.5. The zero-order chi connectivity index (χ0) is 21.6. The quantitative estimate of drug-likeness (QED) is 0.284. The van der Waals surface area contributed by atoms with E-state index >= 15 is 0 Å². The van der Waals surface area contributed by atoms with Crippen molar-refractivity contribution in [3.8, 4) is 0 Å². The Kier molecular flexibility index (Phi) is 13.7. The molecule has 1 rings (SSSR count). The minimum Gasteiger partial charge on any atom is -0.481 e. The molecule has 0 bridgehead atoms. The highest BCUT2D eigenvalue weighted by atomic mass is 16.7. The highest BCUT2D eigenvalue weighted by Gasteiger charge is 2.35.